The van der Waals surface area contributed by atoms with Crippen LogP contribution < -0.4 is 10.1 Å². The predicted molar refractivity (Wildman–Crippen MR) is 84.4 cm³/mol. The minimum absolute atomic E-state index is 0.109. The van der Waals surface area contributed by atoms with Gasteiger partial charge in [-0.25, -0.2) is 0 Å². The summed E-state index contributed by atoms with van der Waals surface area (Å²) in [6, 6.07) is 8.35. The summed E-state index contributed by atoms with van der Waals surface area (Å²) in [5, 5.41) is 3.21. The molecule has 1 N–H and O–H groups in total. The van der Waals surface area contributed by atoms with Crippen molar-refractivity contribution in [1.82, 2.24) is 15.0 Å². The Morgan fingerprint density at radius 1 is 1.14 bits per heavy atom. The molecule has 6 heteroatoms. The van der Waals surface area contributed by atoms with Crippen molar-refractivity contribution in [3.05, 3.63) is 35.1 Å². The molecule has 0 aliphatic rings. The van der Waals surface area contributed by atoms with E-state index in [0.717, 1.165) is 12.1 Å². The number of nitrogens with zero attached hydrogens (tertiary/aromatic N) is 3. The predicted octanol–water partition coefficient (Wildman–Crippen LogP) is 4.18. The zero-order valence-electron chi connectivity index (χ0n) is 12.4. The van der Waals surface area contributed by atoms with Gasteiger partial charge in [-0.3, -0.25) is 0 Å². The molecule has 2 aromatic rings. The molecule has 0 fully saturated rings. The average molecular weight is 307 g/mol. The first-order valence-electron chi connectivity index (χ1n) is 7.00. The molecule has 1 aromatic carbocycles. The lowest BCUT2D eigenvalue weighted by Gasteiger charge is -2.09. The van der Waals surface area contributed by atoms with Crippen LogP contribution in [0.4, 0.5) is 11.6 Å². The SMILES string of the molecule is CCCOc1nc(Cl)nc(Nc2ccc(C(C)C)cc2)n1. The van der Waals surface area contributed by atoms with Gasteiger partial charge in [0, 0.05) is 5.69 Å². The van der Waals surface area contributed by atoms with Crippen LogP contribution >= 0.6 is 11.6 Å². The highest BCUT2D eigenvalue weighted by Crippen LogP contribution is 2.20. The fraction of sp³-hybridized carbons (Fsp3) is 0.400. The average Bonchev–Trinajstić information content (AvgIpc) is 2.45. The second-order valence-electron chi connectivity index (χ2n) is 4.96. The number of rotatable bonds is 6. The van der Waals surface area contributed by atoms with Crippen LogP contribution in [-0.2, 0) is 0 Å². The Labute approximate surface area is 129 Å². The van der Waals surface area contributed by atoms with Crippen LogP contribution in [0.5, 0.6) is 6.01 Å². The van der Waals surface area contributed by atoms with E-state index >= 15 is 0 Å². The summed E-state index contributed by atoms with van der Waals surface area (Å²) >= 11 is 5.88. The summed E-state index contributed by atoms with van der Waals surface area (Å²) in [7, 11) is 0. The molecule has 0 saturated carbocycles. The Bertz CT molecular complexity index is 587. The van der Waals surface area contributed by atoms with Crippen molar-refractivity contribution in [2.75, 3.05) is 11.9 Å². The van der Waals surface area contributed by atoms with Gasteiger partial charge in [0.2, 0.25) is 11.2 Å². The molecule has 0 spiro atoms. The number of benzene rings is 1. The third-order valence-corrected chi connectivity index (χ3v) is 3.03. The molecule has 1 heterocycles. The Hall–Kier alpha value is -1.88. The van der Waals surface area contributed by atoms with E-state index in [1.165, 1.54) is 5.56 Å². The highest BCUT2D eigenvalue weighted by molar-refractivity contribution is 6.28. The molecule has 0 unspecified atom stereocenters. The molecule has 0 atom stereocenters. The number of aromatic nitrogens is 3. The van der Waals surface area contributed by atoms with Gasteiger partial charge in [0.15, 0.2) is 0 Å². The minimum atomic E-state index is 0.109. The largest absolute Gasteiger partial charge is 0.463 e. The van der Waals surface area contributed by atoms with Gasteiger partial charge in [-0.05, 0) is 41.6 Å². The molecular weight excluding hydrogens is 288 g/mol. The Balaban J connectivity index is 2.12. The summed E-state index contributed by atoms with van der Waals surface area (Å²) in [5.41, 5.74) is 2.17. The highest BCUT2D eigenvalue weighted by Gasteiger charge is 2.07. The van der Waals surface area contributed by atoms with Crippen molar-refractivity contribution in [1.29, 1.82) is 0 Å². The number of nitrogens with one attached hydrogen (secondary N) is 1. The normalized spacial score (nSPS) is 10.7. The first-order valence-corrected chi connectivity index (χ1v) is 7.37. The first kappa shape index (κ1) is 15.5. The topological polar surface area (TPSA) is 59.9 Å². The minimum Gasteiger partial charge on any atom is -0.463 e. The van der Waals surface area contributed by atoms with Gasteiger partial charge in [0.05, 0.1) is 6.61 Å². The lowest BCUT2D eigenvalue weighted by Crippen LogP contribution is -2.05. The fourth-order valence-electron chi connectivity index (χ4n) is 1.73. The summed E-state index contributed by atoms with van der Waals surface area (Å²) in [6.07, 6.45) is 0.878. The van der Waals surface area contributed by atoms with Crippen LogP contribution in [-0.4, -0.2) is 21.6 Å². The summed E-state index contributed by atoms with van der Waals surface area (Å²) < 4.78 is 5.38. The van der Waals surface area contributed by atoms with E-state index in [4.69, 9.17) is 16.3 Å². The van der Waals surface area contributed by atoms with E-state index in [1.54, 1.807) is 0 Å². The third kappa shape index (κ3) is 4.56. The fourth-order valence-corrected chi connectivity index (χ4v) is 1.88. The van der Waals surface area contributed by atoms with Crippen LogP contribution in [0.1, 0.15) is 38.7 Å². The number of ether oxygens (including phenoxy) is 1. The maximum Gasteiger partial charge on any atom is 0.322 e. The number of halogens is 1. The van der Waals surface area contributed by atoms with Gasteiger partial charge in [0.25, 0.3) is 0 Å². The van der Waals surface area contributed by atoms with Crippen molar-refractivity contribution in [3.8, 4) is 6.01 Å². The van der Waals surface area contributed by atoms with Gasteiger partial charge in [-0.15, -0.1) is 0 Å². The second-order valence-corrected chi connectivity index (χ2v) is 5.30. The van der Waals surface area contributed by atoms with Crippen LogP contribution in [0.25, 0.3) is 0 Å². The van der Waals surface area contributed by atoms with E-state index in [0.29, 0.717) is 18.5 Å². The van der Waals surface area contributed by atoms with Crippen LogP contribution in [0.2, 0.25) is 5.28 Å². The van der Waals surface area contributed by atoms with Crippen molar-refractivity contribution in [3.63, 3.8) is 0 Å². The van der Waals surface area contributed by atoms with Crippen LogP contribution in [0, 0.1) is 0 Å². The number of anilines is 2. The van der Waals surface area contributed by atoms with Crippen LogP contribution in [0.3, 0.4) is 0 Å². The molecule has 0 bridgehead atoms. The molecule has 112 valence electrons. The lowest BCUT2D eigenvalue weighted by atomic mass is 10.0. The lowest BCUT2D eigenvalue weighted by molar-refractivity contribution is 0.292. The van der Waals surface area contributed by atoms with Gasteiger partial charge in [-0.1, -0.05) is 32.9 Å². The van der Waals surface area contributed by atoms with Gasteiger partial charge >= 0.3 is 6.01 Å². The number of hydrogen-bond acceptors (Lipinski definition) is 5. The molecule has 5 nitrogen and oxygen atoms in total. The van der Waals surface area contributed by atoms with Crippen molar-refractivity contribution in [2.45, 2.75) is 33.1 Å². The Morgan fingerprint density at radius 3 is 2.48 bits per heavy atom. The zero-order valence-corrected chi connectivity index (χ0v) is 13.2. The molecule has 21 heavy (non-hydrogen) atoms. The standard InChI is InChI=1S/C15H19ClN4O/c1-4-9-21-15-19-13(16)18-14(20-15)17-12-7-5-11(6-8-12)10(2)3/h5-8,10H,4,9H2,1-3H3,(H,17,18,19,20). The van der Waals surface area contributed by atoms with E-state index in [2.05, 4.69) is 46.2 Å². The Kier molecular flexibility index (Phi) is 5.33. The third-order valence-electron chi connectivity index (χ3n) is 2.86. The summed E-state index contributed by atoms with van der Waals surface area (Å²) in [4.78, 5) is 12.2. The monoisotopic (exact) mass is 306 g/mol. The summed E-state index contributed by atoms with van der Waals surface area (Å²) in [6.45, 7) is 6.87. The maximum atomic E-state index is 5.88. The van der Waals surface area contributed by atoms with Crippen LogP contribution in [0.15, 0.2) is 24.3 Å². The Morgan fingerprint density at radius 2 is 1.86 bits per heavy atom. The number of hydrogen-bond donors (Lipinski definition) is 1. The van der Waals surface area contributed by atoms with Gasteiger partial charge in [0.1, 0.15) is 0 Å². The van der Waals surface area contributed by atoms with Gasteiger partial charge < -0.3 is 10.1 Å². The molecule has 0 aliphatic heterocycles. The van der Waals surface area contributed by atoms with Crippen molar-refractivity contribution < 1.29 is 4.74 Å². The van der Waals surface area contributed by atoms with E-state index in [-0.39, 0.29) is 11.3 Å². The van der Waals surface area contributed by atoms with E-state index in [1.807, 2.05) is 19.1 Å². The van der Waals surface area contributed by atoms with E-state index < -0.39 is 0 Å². The first-order chi connectivity index (χ1) is 10.1. The smallest absolute Gasteiger partial charge is 0.322 e. The molecule has 1 aromatic heterocycles. The van der Waals surface area contributed by atoms with E-state index in [9.17, 15) is 0 Å². The summed E-state index contributed by atoms with van der Waals surface area (Å²) in [5.74, 6) is 0.873. The zero-order chi connectivity index (χ0) is 15.2. The highest BCUT2D eigenvalue weighted by atomic mass is 35.5. The second kappa shape index (κ2) is 7.22. The van der Waals surface area contributed by atoms with Gasteiger partial charge in [-0.2, -0.15) is 15.0 Å². The molecule has 2 rings (SSSR count). The van der Waals surface area contributed by atoms with Crippen molar-refractivity contribution >= 4 is 23.2 Å². The van der Waals surface area contributed by atoms with Crippen molar-refractivity contribution in [2.24, 2.45) is 0 Å². The molecule has 0 amide bonds. The molecule has 0 saturated heterocycles. The molecule has 0 radical (unpaired) electrons. The molecular formula is C15H19ClN4O. The molecule has 0 aliphatic carbocycles. The maximum absolute atomic E-state index is 5.88. The quantitative estimate of drug-likeness (QED) is 0.867.